The minimum atomic E-state index is 0. The standard InChI is InChI=1S/3C4H5NS.4C4H10.C3H3NS.3CH4/c1-4-2-6-3-5-4;1-4-2-5-3-6-4;1-4-5-2-3-6-4;4*1-4(2)3;1-2-5-3-4-1;;;/h3*2-3H,1H3;4*4H,1-3H3;1-3H;3*1H4. The molecule has 0 radical (unpaired) electrons. The lowest BCUT2D eigenvalue weighted by Crippen LogP contribution is -1.66. The van der Waals surface area contributed by atoms with Crippen molar-refractivity contribution in [1.82, 2.24) is 19.9 Å². The Balaban J connectivity index is -0.0000000666. The van der Waals surface area contributed by atoms with Crippen LogP contribution in [-0.2, 0) is 0 Å². The van der Waals surface area contributed by atoms with Crippen LogP contribution >= 0.6 is 45.3 Å². The molecule has 4 nitrogen and oxygen atoms in total. The van der Waals surface area contributed by atoms with Crippen LogP contribution in [0.25, 0.3) is 0 Å². The third-order valence-electron chi connectivity index (χ3n) is 2.01. The van der Waals surface area contributed by atoms with Crippen molar-refractivity contribution in [2.75, 3.05) is 0 Å². The fourth-order valence-electron chi connectivity index (χ4n) is 1.02. The average Bonchev–Trinajstić information content (AvgIpc) is 3.59. The van der Waals surface area contributed by atoms with Crippen LogP contribution in [0.4, 0.5) is 0 Å². The lowest BCUT2D eigenvalue weighted by atomic mass is 10.3. The summed E-state index contributed by atoms with van der Waals surface area (Å²) >= 11 is 6.56. The Labute approximate surface area is 280 Å². The molecule has 0 amide bonds. The lowest BCUT2D eigenvalue weighted by Gasteiger charge is -1.79. The maximum atomic E-state index is 3.94. The maximum absolute atomic E-state index is 3.94. The van der Waals surface area contributed by atoms with Crippen molar-refractivity contribution in [3.63, 3.8) is 0 Å². The zero-order valence-electron chi connectivity index (χ0n) is 27.4. The van der Waals surface area contributed by atoms with Crippen LogP contribution in [0.3, 0.4) is 0 Å². The Morgan fingerprint density at radius 3 is 1.10 bits per heavy atom. The first kappa shape index (κ1) is 56.3. The number of thiazole rings is 4. The molecule has 0 N–H and O–H groups in total. The van der Waals surface area contributed by atoms with E-state index in [2.05, 4.69) is 103 Å². The third kappa shape index (κ3) is 90.2. The van der Waals surface area contributed by atoms with E-state index in [0.717, 1.165) is 34.4 Å². The third-order valence-corrected chi connectivity index (χ3v) is 4.65. The largest absolute Gasteiger partial charge is 0.253 e. The van der Waals surface area contributed by atoms with E-state index in [9.17, 15) is 0 Å². The molecule has 4 aromatic rings. The molecule has 4 aromatic heterocycles. The Hall–Kier alpha value is -1.48. The van der Waals surface area contributed by atoms with E-state index in [0.29, 0.717) is 0 Å². The van der Waals surface area contributed by atoms with Crippen molar-refractivity contribution in [3.05, 3.63) is 66.8 Å². The summed E-state index contributed by atoms with van der Waals surface area (Å²) in [7, 11) is 0. The molecule has 0 unspecified atom stereocenters. The Morgan fingerprint density at radius 1 is 0.524 bits per heavy atom. The quantitative estimate of drug-likeness (QED) is 0.188. The number of aryl methyl sites for hydroxylation is 3. The van der Waals surface area contributed by atoms with Gasteiger partial charge in [-0.2, -0.15) is 0 Å². The fraction of sp³-hybridized carbons (Fsp3) is 0.647. The summed E-state index contributed by atoms with van der Waals surface area (Å²) in [6, 6.07) is 0. The molecule has 4 heterocycles. The SMILES string of the molecule is C.C.C.CC(C)C.CC(C)C.CC(C)C.CC(C)C.Cc1cncs1.Cc1cscn1.Cc1nccs1.c1cscn1. The average molecular weight is 663 g/mol. The van der Waals surface area contributed by atoms with E-state index in [4.69, 9.17) is 0 Å². The Bertz CT molecular complexity index is 711. The second kappa shape index (κ2) is 44.0. The minimum Gasteiger partial charge on any atom is -0.253 e. The smallest absolute Gasteiger partial charge is 0.0893 e. The van der Waals surface area contributed by atoms with Gasteiger partial charge in [0.25, 0.3) is 0 Å². The first-order valence-corrected chi connectivity index (χ1v) is 17.1. The van der Waals surface area contributed by atoms with Gasteiger partial charge in [0.2, 0.25) is 0 Å². The minimum absolute atomic E-state index is 0. The monoisotopic (exact) mass is 662 g/mol. The number of aromatic nitrogens is 4. The molecule has 0 fully saturated rings. The second-order valence-electron chi connectivity index (χ2n) is 10.9. The molecule has 0 aliphatic rings. The molecule has 0 saturated heterocycles. The van der Waals surface area contributed by atoms with Gasteiger partial charge in [-0.25, -0.2) is 0 Å². The first-order chi connectivity index (χ1) is 18.1. The van der Waals surface area contributed by atoms with Crippen LogP contribution in [0.2, 0.25) is 0 Å². The van der Waals surface area contributed by atoms with Crippen molar-refractivity contribution in [1.29, 1.82) is 0 Å². The maximum Gasteiger partial charge on any atom is 0.0893 e. The van der Waals surface area contributed by atoms with Gasteiger partial charge in [0.05, 0.1) is 21.5 Å². The van der Waals surface area contributed by atoms with Crippen molar-refractivity contribution >= 4 is 45.3 Å². The summed E-state index contributed by atoms with van der Waals surface area (Å²) in [6.07, 6.45) is 5.43. The molecule has 0 spiro atoms. The van der Waals surface area contributed by atoms with Gasteiger partial charge in [0.15, 0.2) is 0 Å². The highest BCUT2D eigenvalue weighted by Gasteiger charge is 1.77. The summed E-state index contributed by atoms with van der Waals surface area (Å²) in [5, 5.41) is 7.05. The van der Waals surface area contributed by atoms with Gasteiger partial charge in [-0.05, 0) is 44.4 Å². The van der Waals surface area contributed by atoms with Crippen LogP contribution in [0.1, 0.15) is 121 Å². The van der Waals surface area contributed by atoms with Crippen LogP contribution in [-0.4, -0.2) is 19.9 Å². The van der Waals surface area contributed by atoms with Gasteiger partial charge in [-0.3, -0.25) is 19.9 Å². The molecule has 0 saturated carbocycles. The highest BCUT2D eigenvalue weighted by atomic mass is 32.1. The van der Waals surface area contributed by atoms with Gasteiger partial charge < -0.3 is 0 Å². The zero-order chi connectivity index (χ0) is 31.1. The van der Waals surface area contributed by atoms with Gasteiger partial charge in [-0.15, -0.1) is 45.3 Å². The zero-order valence-corrected chi connectivity index (χ0v) is 30.7. The van der Waals surface area contributed by atoms with Crippen molar-refractivity contribution in [3.8, 4) is 0 Å². The molecular weight excluding hydrogens is 593 g/mol. The van der Waals surface area contributed by atoms with Crippen molar-refractivity contribution in [2.24, 2.45) is 23.7 Å². The van der Waals surface area contributed by atoms with Gasteiger partial charge in [-0.1, -0.05) is 105 Å². The molecule has 42 heavy (non-hydrogen) atoms. The summed E-state index contributed by atoms with van der Waals surface area (Å²) in [5.74, 6) is 3.33. The van der Waals surface area contributed by atoms with E-state index in [1.54, 1.807) is 63.3 Å². The molecule has 4 rings (SSSR count). The van der Waals surface area contributed by atoms with Crippen LogP contribution in [0.5, 0.6) is 0 Å². The number of hydrogen-bond acceptors (Lipinski definition) is 8. The van der Waals surface area contributed by atoms with E-state index in [1.165, 1.54) is 4.88 Å². The molecule has 0 bridgehead atoms. The summed E-state index contributed by atoms with van der Waals surface area (Å²) in [5.41, 5.74) is 6.56. The highest BCUT2D eigenvalue weighted by molar-refractivity contribution is 7.09. The van der Waals surface area contributed by atoms with E-state index in [1.807, 2.05) is 54.1 Å². The first-order valence-electron chi connectivity index (χ1n) is 13.5. The van der Waals surface area contributed by atoms with E-state index in [-0.39, 0.29) is 22.3 Å². The van der Waals surface area contributed by atoms with Crippen LogP contribution in [0, 0.1) is 44.4 Å². The van der Waals surface area contributed by atoms with E-state index < -0.39 is 0 Å². The normalized spacial score (nSPS) is 8.17. The van der Waals surface area contributed by atoms with Gasteiger partial charge in [0, 0.05) is 45.3 Å². The van der Waals surface area contributed by atoms with Crippen LogP contribution < -0.4 is 0 Å². The molecule has 0 aliphatic carbocycles. The van der Waals surface area contributed by atoms with E-state index >= 15 is 0 Å². The number of hydrogen-bond donors (Lipinski definition) is 0. The highest BCUT2D eigenvalue weighted by Crippen LogP contribution is 2.00. The molecule has 0 aromatic carbocycles. The number of nitrogens with zero attached hydrogens (tertiary/aromatic N) is 4. The molecule has 0 atom stereocenters. The molecule has 0 aliphatic heterocycles. The number of rotatable bonds is 0. The molecule has 250 valence electrons. The lowest BCUT2D eigenvalue weighted by molar-refractivity contribution is 0.736. The summed E-state index contributed by atoms with van der Waals surface area (Å²) < 4.78 is 0. The second-order valence-corrected chi connectivity index (χ2v) is 14.6. The summed E-state index contributed by atoms with van der Waals surface area (Å²) in [6.45, 7) is 32.0. The molecule has 8 heteroatoms. The topological polar surface area (TPSA) is 51.6 Å². The molecular formula is C34H70N4S4. The Kier molecular flexibility index (Phi) is 59.0. The van der Waals surface area contributed by atoms with Gasteiger partial charge >= 0.3 is 0 Å². The Morgan fingerprint density at radius 2 is 1.00 bits per heavy atom. The predicted octanol–water partition coefficient (Wildman–Crippen LogP) is 14.1. The van der Waals surface area contributed by atoms with Gasteiger partial charge in [0.1, 0.15) is 0 Å². The van der Waals surface area contributed by atoms with Crippen molar-refractivity contribution < 1.29 is 0 Å². The fourth-order valence-corrected chi connectivity index (χ4v) is 2.77. The van der Waals surface area contributed by atoms with Crippen molar-refractivity contribution in [2.45, 2.75) is 126 Å². The van der Waals surface area contributed by atoms with Crippen LogP contribution in [0.15, 0.2) is 51.3 Å². The summed E-state index contributed by atoms with van der Waals surface area (Å²) in [4.78, 5) is 16.7. The predicted molar refractivity (Wildman–Crippen MR) is 205 cm³/mol.